The third-order valence-corrected chi connectivity index (χ3v) is 14.2. The lowest BCUT2D eigenvalue weighted by Crippen LogP contribution is -2.30. The Kier molecular flexibility index (Phi) is 63.8. The molecule has 0 N–H and O–H groups in total. The molecule has 0 amide bonds. The van der Waals surface area contributed by atoms with Crippen LogP contribution in [0, 0.1) is 0 Å². The van der Waals surface area contributed by atoms with Gasteiger partial charge in [-0.25, -0.2) is 0 Å². The predicted molar refractivity (Wildman–Crippen MR) is 348 cm³/mol. The maximum Gasteiger partial charge on any atom is 0.306 e. The average molecular weight is 1110 g/mol. The van der Waals surface area contributed by atoms with E-state index >= 15 is 0 Å². The van der Waals surface area contributed by atoms with Gasteiger partial charge in [-0.3, -0.25) is 14.4 Å². The van der Waals surface area contributed by atoms with Crippen LogP contribution in [0.2, 0.25) is 0 Å². The number of carbonyl (C=O) groups is 3. The number of hydrogen-bond acceptors (Lipinski definition) is 6. The molecular formula is C74H124O6. The van der Waals surface area contributed by atoms with E-state index in [2.05, 4.69) is 142 Å². The topological polar surface area (TPSA) is 78.9 Å². The van der Waals surface area contributed by atoms with Crippen molar-refractivity contribution in [3.05, 3.63) is 122 Å². The average Bonchev–Trinajstić information content (AvgIpc) is 3.46. The molecule has 0 saturated heterocycles. The van der Waals surface area contributed by atoms with Crippen LogP contribution in [0.15, 0.2) is 122 Å². The number of ether oxygens (including phenoxy) is 3. The highest BCUT2D eigenvalue weighted by Gasteiger charge is 2.19. The molecule has 1 unspecified atom stereocenters. The van der Waals surface area contributed by atoms with Crippen LogP contribution in [0.3, 0.4) is 0 Å². The fourth-order valence-electron chi connectivity index (χ4n) is 9.16. The Morgan fingerprint density at radius 3 is 0.825 bits per heavy atom. The molecule has 0 aromatic heterocycles. The number of allylic oxidation sites excluding steroid dienone is 20. The van der Waals surface area contributed by atoms with Crippen molar-refractivity contribution in [3.63, 3.8) is 0 Å². The van der Waals surface area contributed by atoms with Gasteiger partial charge in [0.1, 0.15) is 13.2 Å². The van der Waals surface area contributed by atoms with Gasteiger partial charge in [0.25, 0.3) is 0 Å². The molecule has 0 aromatic carbocycles. The zero-order valence-corrected chi connectivity index (χ0v) is 52.3. The van der Waals surface area contributed by atoms with E-state index in [1.54, 1.807) is 0 Å². The minimum atomic E-state index is -0.796. The summed E-state index contributed by atoms with van der Waals surface area (Å²) in [7, 11) is 0. The minimum absolute atomic E-state index is 0.0921. The summed E-state index contributed by atoms with van der Waals surface area (Å²) >= 11 is 0. The lowest BCUT2D eigenvalue weighted by atomic mass is 10.0. The summed E-state index contributed by atoms with van der Waals surface area (Å²) in [6, 6.07) is 0. The number of carbonyl (C=O) groups excluding carboxylic acids is 3. The van der Waals surface area contributed by atoms with Gasteiger partial charge >= 0.3 is 17.9 Å². The molecule has 0 spiro atoms. The number of rotatable bonds is 60. The van der Waals surface area contributed by atoms with E-state index in [0.29, 0.717) is 19.3 Å². The van der Waals surface area contributed by atoms with Gasteiger partial charge in [0.15, 0.2) is 6.10 Å². The highest BCUT2D eigenvalue weighted by Crippen LogP contribution is 2.16. The largest absolute Gasteiger partial charge is 0.462 e. The van der Waals surface area contributed by atoms with Gasteiger partial charge in [-0.15, -0.1) is 0 Å². The zero-order chi connectivity index (χ0) is 57.8. The fraction of sp³-hybridized carbons (Fsp3) is 0.689. The van der Waals surface area contributed by atoms with Gasteiger partial charge in [0.2, 0.25) is 0 Å². The standard InChI is InChI=1S/C74H124O6/c1-4-7-10-13-16-19-22-24-26-28-30-32-34-35-36-37-38-39-41-42-44-46-48-50-52-55-58-61-64-67-73(76)79-70-71(69-78-72(75)66-63-60-57-54-21-18-15-12-9-6-3)80-74(77)68-65-62-59-56-53-51-49-47-45-43-40-33-31-29-27-25-23-20-17-14-11-8-5-2/h7,10,12,15-16,19,24,26,29-32,35-36,38-39,42,44,48,50,71H,4-6,8-9,11,13-14,17-18,20-23,25,27-28,33-34,37,40-41,43,45-47,49,51-70H2,1-3H3/b10-7-,15-12-,19-16-,26-24-,31-29-,32-30-,36-35-,39-38-,44-42-,50-48-. The van der Waals surface area contributed by atoms with Gasteiger partial charge in [0.05, 0.1) is 0 Å². The molecule has 0 saturated carbocycles. The van der Waals surface area contributed by atoms with Crippen LogP contribution in [0.5, 0.6) is 0 Å². The van der Waals surface area contributed by atoms with Gasteiger partial charge < -0.3 is 14.2 Å². The second-order valence-electron chi connectivity index (χ2n) is 22.0. The first-order valence-corrected chi connectivity index (χ1v) is 33.5. The van der Waals surface area contributed by atoms with Gasteiger partial charge in [-0.2, -0.15) is 0 Å². The molecule has 0 aliphatic heterocycles. The molecule has 80 heavy (non-hydrogen) atoms. The Hall–Kier alpha value is -4.19. The molecule has 0 rings (SSSR count). The zero-order valence-electron chi connectivity index (χ0n) is 52.3. The molecule has 0 heterocycles. The van der Waals surface area contributed by atoms with Crippen molar-refractivity contribution in [2.24, 2.45) is 0 Å². The summed E-state index contributed by atoms with van der Waals surface area (Å²) < 4.78 is 16.9. The van der Waals surface area contributed by atoms with Crippen LogP contribution in [-0.2, 0) is 28.6 Å². The van der Waals surface area contributed by atoms with E-state index in [4.69, 9.17) is 14.2 Å². The summed E-state index contributed by atoms with van der Waals surface area (Å²) in [5.41, 5.74) is 0. The van der Waals surface area contributed by atoms with E-state index in [9.17, 15) is 14.4 Å². The van der Waals surface area contributed by atoms with Crippen LogP contribution < -0.4 is 0 Å². The summed E-state index contributed by atoms with van der Waals surface area (Å²) in [5, 5.41) is 0. The van der Waals surface area contributed by atoms with Crippen LogP contribution in [0.1, 0.15) is 310 Å². The van der Waals surface area contributed by atoms with Crippen molar-refractivity contribution in [2.45, 2.75) is 316 Å². The second-order valence-corrected chi connectivity index (χ2v) is 22.0. The van der Waals surface area contributed by atoms with Crippen molar-refractivity contribution in [2.75, 3.05) is 13.2 Å². The van der Waals surface area contributed by atoms with Crippen LogP contribution in [-0.4, -0.2) is 37.2 Å². The lowest BCUT2D eigenvalue weighted by molar-refractivity contribution is -0.167. The highest BCUT2D eigenvalue weighted by molar-refractivity contribution is 5.71. The summed E-state index contributed by atoms with van der Waals surface area (Å²) in [6.45, 7) is 6.45. The Bertz CT molecular complexity index is 1650. The molecule has 0 aromatic rings. The van der Waals surface area contributed by atoms with E-state index in [-0.39, 0.29) is 31.1 Å². The molecule has 456 valence electrons. The maximum atomic E-state index is 12.9. The quantitative estimate of drug-likeness (QED) is 0.0261. The van der Waals surface area contributed by atoms with Crippen LogP contribution in [0.4, 0.5) is 0 Å². The van der Waals surface area contributed by atoms with Gasteiger partial charge in [-0.05, 0) is 128 Å². The predicted octanol–water partition coefficient (Wildman–Crippen LogP) is 23.2. The summed E-state index contributed by atoms with van der Waals surface area (Å²) in [6.07, 6.45) is 93.6. The molecule has 0 bridgehead atoms. The Morgan fingerprint density at radius 2 is 0.512 bits per heavy atom. The lowest BCUT2D eigenvalue weighted by Gasteiger charge is -2.18. The van der Waals surface area contributed by atoms with Gasteiger partial charge in [0, 0.05) is 19.3 Å². The summed E-state index contributed by atoms with van der Waals surface area (Å²) in [4.78, 5) is 38.3. The number of esters is 3. The SMILES string of the molecule is CC/C=C\C/C=C\C/C=C\C/C=C\C/C=C\C/C=C\C/C=C\C/C=C\CCCCCCC(=O)OCC(COC(=O)CCCCCCC/C=C\CCC)OC(=O)CCCCCCCCCCCCC/C=C\CCCCCCCCCC. The third-order valence-electron chi connectivity index (χ3n) is 14.2. The molecule has 0 aliphatic rings. The van der Waals surface area contributed by atoms with Crippen LogP contribution >= 0.6 is 0 Å². The fourth-order valence-corrected chi connectivity index (χ4v) is 9.16. The second kappa shape index (κ2) is 67.3. The third kappa shape index (κ3) is 64.6. The van der Waals surface area contributed by atoms with E-state index in [1.165, 1.54) is 128 Å². The van der Waals surface area contributed by atoms with Crippen molar-refractivity contribution in [1.29, 1.82) is 0 Å². The smallest absolute Gasteiger partial charge is 0.306 e. The molecule has 1 atom stereocenters. The van der Waals surface area contributed by atoms with Gasteiger partial charge in [-0.1, -0.05) is 284 Å². The van der Waals surface area contributed by atoms with E-state index in [0.717, 1.165) is 141 Å². The van der Waals surface area contributed by atoms with Crippen LogP contribution in [0.25, 0.3) is 0 Å². The van der Waals surface area contributed by atoms with Crippen molar-refractivity contribution < 1.29 is 28.6 Å². The first kappa shape index (κ1) is 75.8. The number of unbranched alkanes of at least 4 members (excludes halogenated alkanes) is 29. The van der Waals surface area contributed by atoms with Crippen molar-refractivity contribution >= 4 is 17.9 Å². The maximum absolute atomic E-state index is 12.9. The van der Waals surface area contributed by atoms with E-state index in [1.807, 2.05) is 0 Å². The first-order chi connectivity index (χ1) is 39.5. The number of hydrogen-bond donors (Lipinski definition) is 0. The summed E-state index contributed by atoms with van der Waals surface area (Å²) in [5.74, 6) is -0.923. The normalized spacial score (nSPS) is 12.9. The molecule has 0 aliphatic carbocycles. The highest BCUT2D eigenvalue weighted by atomic mass is 16.6. The van der Waals surface area contributed by atoms with Crippen molar-refractivity contribution in [3.8, 4) is 0 Å². The van der Waals surface area contributed by atoms with Crippen molar-refractivity contribution in [1.82, 2.24) is 0 Å². The molecule has 0 fully saturated rings. The minimum Gasteiger partial charge on any atom is -0.462 e. The monoisotopic (exact) mass is 1110 g/mol. The van der Waals surface area contributed by atoms with E-state index < -0.39 is 6.10 Å². The Balaban J connectivity index is 4.30. The Morgan fingerprint density at radius 1 is 0.263 bits per heavy atom. The first-order valence-electron chi connectivity index (χ1n) is 33.5. The molecule has 6 nitrogen and oxygen atoms in total. The molecular weight excluding hydrogens is 985 g/mol. The molecule has 6 heteroatoms. The molecule has 0 radical (unpaired) electrons. The Labute approximate surface area is 494 Å².